The molecule has 0 bridgehead atoms. The van der Waals surface area contributed by atoms with Crippen LogP contribution in [0.5, 0.6) is 0 Å². The second-order valence-electron chi connectivity index (χ2n) is 23.8. The lowest BCUT2D eigenvalue weighted by Crippen LogP contribution is -2.70. The first-order valence-corrected chi connectivity index (χ1v) is 29.9. The lowest BCUT2D eigenvalue weighted by molar-refractivity contribution is -0.424. The molecule has 0 aromatic carbocycles. The maximum absolute atomic E-state index is 12.9. The van der Waals surface area contributed by atoms with E-state index in [9.17, 15) is 116 Å². The largest absolute Gasteiger partial charge is 0.410 e. The Bertz CT molecular complexity index is 2380. The van der Waals surface area contributed by atoms with Crippen LogP contribution in [-0.4, -0.2) is 382 Å². The SMILES string of the molecule is CC(=O)NC1[C@H](OC2C(O)[C@@H](O)C(CO)O[C@H]2O[C@@H]2C(O)[C@H](O[C@H]3C(CO)O[C@@H](O[C@H]4C(CO)O[C@@H](C)C(NC(C)=O)[C@H]4O)C(NC(C)=O)[C@H]3O)OC(CO)[C@@H]2O)OC(CO)[C@H](O[C@@H]2OC(CO[C@]3(OC=O)C[C@H](O)[C@@H](C)C([C@H](O)[C@@H](O)CO)O3)[C@H](O)[C@H](O)C2O)[C@@H]1O. The fraction of sp³-hybridized carbons (Fsp3) is 0.925. The van der Waals surface area contributed by atoms with Crippen LogP contribution in [0.4, 0.5) is 0 Å². The van der Waals surface area contributed by atoms with E-state index in [2.05, 4.69) is 16.0 Å². The Morgan fingerprint density at radius 2 is 0.882 bits per heavy atom. The van der Waals surface area contributed by atoms with E-state index in [4.69, 9.17) is 66.3 Å². The molecule has 3 amide bonds. The van der Waals surface area contributed by atoms with E-state index in [-0.39, 0.29) is 6.47 Å². The lowest BCUT2D eigenvalue weighted by atomic mass is 9.87. The van der Waals surface area contributed by atoms with Crippen LogP contribution in [0.25, 0.3) is 0 Å². The van der Waals surface area contributed by atoms with Gasteiger partial charge in [-0.25, -0.2) is 0 Å². The van der Waals surface area contributed by atoms with Crippen molar-refractivity contribution < 1.29 is 183 Å². The molecule has 0 aromatic heterocycles. The maximum atomic E-state index is 12.9. The highest BCUT2D eigenvalue weighted by Gasteiger charge is 2.60. The van der Waals surface area contributed by atoms with Crippen LogP contribution in [0, 0.1) is 5.92 Å². The first-order chi connectivity index (χ1) is 43.9. The Kier molecular flexibility index (Phi) is 27.7. The minimum atomic E-state index is -2.60. The highest BCUT2D eigenvalue weighted by molar-refractivity contribution is 5.74. The average Bonchev–Trinajstić information content (AvgIpc) is 0.849. The minimum Gasteiger partial charge on any atom is -0.410 e. The summed E-state index contributed by atoms with van der Waals surface area (Å²) in [6.45, 7) is -1.08. The molecule has 93 heavy (non-hydrogen) atoms. The van der Waals surface area contributed by atoms with Crippen molar-refractivity contribution in [1.82, 2.24) is 16.0 Å². The zero-order valence-corrected chi connectivity index (χ0v) is 50.8. The summed E-state index contributed by atoms with van der Waals surface area (Å²) in [5.41, 5.74) is 0. The molecule has 14 unspecified atom stereocenters. The fourth-order valence-corrected chi connectivity index (χ4v) is 12.2. The summed E-state index contributed by atoms with van der Waals surface area (Å²) in [5, 5.41) is 216. The van der Waals surface area contributed by atoms with Crippen molar-refractivity contribution in [2.45, 2.75) is 255 Å². The lowest BCUT2D eigenvalue weighted by Gasteiger charge is -2.51. The Balaban J connectivity index is 1.10. The van der Waals surface area contributed by atoms with Crippen molar-refractivity contribution in [3.8, 4) is 0 Å². The number of amides is 3. The van der Waals surface area contributed by atoms with Crippen LogP contribution in [-0.2, 0) is 85.5 Å². The number of nitrogens with one attached hydrogen (secondary N) is 3. The highest BCUT2D eigenvalue weighted by atomic mass is 16.9. The Morgan fingerprint density at radius 1 is 0.473 bits per heavy atom. The van der Waals surface area contributed by atoms with Crippen LogP contribution < -0.4 is 16.0 Å². The molecule has 7 fully saturated rings. The van der Waals surface area contributed by atoms with Gasteiger partial charge in [0.1, 0.15) is 152 Å². The third-order valence-electron chi connectivity index (χ3n) is 17.2. The number of aliphatic hydroxyl groups excluding tert-OH is 19. The van der Waals surface area contributed by atoms with Gasteiger partial charge in [-0.05, 0) is 6.92 Å². The summed E-state index contributed by atoms with van der Waals surface area (Å²) in [5.74, 6) is -5.88. The van der Waals surface area contributed by atoms with E-state index < -0.39 is 291 Å². The van der Waals surface area contributed by atoms with Crippen LogP contribution in [0.1, 0.15) is 41.0 Å². The number of ether oxygens (including phenoxy) is 14. The molecule has 40 heteroatoms. The predicted octanol–water partition coefficient (Wildman–Crippen LogP) is -14.2. The zero-order valence-electron chi connectivity index (χ0n) is 50.8. The maximum Gasteiger partial charge on any atom is 0.332 e. The van der Waals surface area contributed by atoms with Crippen molar-refractivity contribution in [2.75, 3.05) is 46.2 Å². The minimum absolute atomic E-state index is 0.161. The molecule has 40 nitrogen and oxygen atoms in total. The molecule has 0 aliphatic carbocycles. The first-order valence-electron chi connectivity index (χ1n) is 29.9. The van der Waals surface area contributed by atoms with E-state index in [1.54, 1.807) is 0 Å². The van der Waals surface area contributed by atoms with Crippen molar-refractivity contribution in [3.63, 3.8) is 0 Å². The van der Waals surface area contributed by atoms with E-state index in [1.165, 1.54) is 20.8 Å². The van der Waals surface area contributed by atoms with Crippen molar-refractivity contribution >= 4 is 24.2 Å². The van der Waals surface area contributed by atoms with Gasteiger partial charge in [0.15, 0.2) is 31.5 Å². The molecule has 7 aliphatic rings. The van der Waals surface area contributed by atoms with Gasteiger partial charge in [0.2, 0.25) is 17.7 Å². The summed E-state index contributed by atoms with van der Waals surface area (Å²) in [7, 11) is 0. The Labute approximate surface area is 529 Å². The molecular weight excluding hydrogens is 1270 g/mol. The predicted molar refractivity (Wildman–Crippen MR) is 290 cm³/mol. The van der Waals surface area contributed by atoms with Gasteiger partial charge in [0, 0.05) is 26.7 Å². The molecule has 22 N–H and O–H groups in total. The number of rotatable bonds is 26. The quantitative estimate of drug-likeness (QED) is 0.0282. The van der Waals surface area contributed by atoms with Crippen molar-refractivity contribution in [2.24, 2.45) is 5.92 Å². The van der Waals surface area contributed by atoms with E-state index in [1.807, 2.05) is 0 Å². The van der Waals surface area contributed by atoms with Crippen molar-refractivity contribution in [1.29, 1.82) is 0 Å². The number of aliphatic hydroxyl groups is 19. The smallest absolute Gasteiger partial charge is 0.332 e. The molecule has 0 saturated carbocycles. The molecular formula is C53H89N3O37. The molecule has 0 radical (unpaired) electrons. The standard InChI is InChI=1S/C53H89N3O37/c1-15-20(67)6-53(81-14-63,93-42(15)31(69)21(68)7-57)80-13-27-33(71)38(76)40(78)50(87-27)89-44-25(11-61)86-49(30(37(44)75)56-19(5)66)92-47-39(77)32(70)22(8-58)84-52(47)91-46-34(72)23(9-59)83-51(41(46)79)90-45-26(12-62)85-48(29(36(45)74)55-18(4)65)88-43-24(10-60)82-16(2)28(35(43)73)54-17(3)64/h14-16,20-52,57-62,67-79H,6-13H2,1-5H3,(H,54,64)(H,55,65)(H,56,66)/t15-,16+,20+,21+,22?,23?,24?,25?,26?,27?,28?,29?,30?,31-,32+,33+,34+,35-,36-,37-,38+,39?,40?,41?,42?,43+,44+,45+,46+,47?,48+,49+,50+,51+,52+,53+/m1/s1. The molecule has 7 saturated heterocycles. The molecule has 0 aromatic rings. The van der Waals surface area contributed by atoms with Gasteiger partial charge < -0.3 is 179 Å². The van der Waals surface area contributed by atoms with Crippen LogP contribution >= 0.6 is 0 Å². The van der Waals surface area contributed by atoms with Gasteiger partial charge >= 0.3 is 5.97 Å². The summed E-state index contributed by atoms with van der Waals surface area (Å²) in [4.78, 5) is 49.3. The molecule has 7 heterocycles. The van der Waals surface area contributed by atoms with Crippen LogP contribution in [0.3, 0.4) is 0 Å². The van der Waals surface area contributed by atoms with Gasteiger partial charge in [0.25, 0.3) is 6.47 Å². The second-order valence-corrected chi connectivity index (χ2v) is 23.8. The number of hydrogen-bond acceptors (Lipinski definition) is 37. The zero-order chi connectivity index (χ0) is 68.8. The first kappa shape index (κ1) is 77.0. The topological polar surface area (TPSA) is 618 Å². The van der Waals surface area contributed by atoms with Gasteiger partial charge in [-0.2, -0.15) is 0 Å². The highest BCUT2D eigenvalue weighted by Crippen LogP contribution is 2.40. The summed E-state index contributed by atoms with van der Waals surface area (Å²) in [6, 6.07) is -4.72. The number of hydrogen-bond donors (Lipinski definition) is 22. The van der Waals surface area contributed by atoms with Gasteiger partial charge in [-0.1, -0.05) is 6.92 Å². The molecule has 7 aliphatic heterocycles. The summed E-state index contributed by atoms with van der Waals surface area (Å²) >= 11 is 0. The van der Waals surface area contributed by atoms with Gasteiger partial charge in [-0.3, -0.25) is 19.2 Å². The third kappa shape index (κ3) is 17.2. The van der Waals surface area contributed by atoms with E-state index in [0.29, 0.717) is 0 Å². The normalized spacial score (nSPS) is 47.2. The molecule has 0 spiro atoms. The monoisotopic (exact) mass is 1360 g/mol. The van der Waals surface area contributed by atoms with Crippen LogP contribution in [0.2, 0.25) is 0 Å². The van der Waals surface area contributed by atoms with Crippen molar-refractivity contribution in [3.05, 3.63) is 0 Å². The average molecular weight is 1360 g/mol. The Morgan fingerprint density at radius 3 is 1.38 bits per heavy atom. The van der Waals surface area contributed by atoms with Gasteiger partial charge in [-0.15, -0.1) is 0 Å². The molecule has 538 valence electrons. The third-order valence-corrected chi connectivity index (χ3v) is 17.2. The molecule has 36 atom stereocenters. The van der Waals surface area contributed by atoms with E-state index in [0.717, 1.165) is 13.8 Å². The Hall–Kier alpha value is -3.40. The van der Waals surface area contributed by atoms with E-state index >= 15 is 0 Å². The molecule has 7 rings (SSSR count). The summed E-state index contributed by atoms with van der Waals surface area (Å²) in [6.07, 6.45) is -59.7. The number of carbonyl (C=O) groups is 4. The fourth-order valence-electron chi connectivity index (χ4n) is 12.2. The summed E-state index contributed by atoms with van der Waals surface area (Å²) < 4.78 is 81.6. The van der Waals surface area contributed by atoms with Crippen LogP contribution in [0.15, 0.2) is 0 Å². The number of carbonyl (C=O) groups excluding carboxylic acids is 4. The van der Waals surface area contributed by atoms with Gasteiger partial charge in [0.05, 0.1) is 77.0 Å². The second kappa shape index (κ2) is 33.4.